The first-order chi connectivity index (χ1) is 6.38. The van der Waals surface area contributed by atoms with Crippen molar-refractivity contribution in [1.29, 1.82) is 0 Å². The zero-order valence-electron chi connectivity index (χ0n) is 6.88. The summed E-state index contributed by atoms with van der Waals surface area (Å²) < 4.78 is 0. The van der Waals surface area contributed by atoms with Crippen molar-refractivity contribution in [3.8, 4) is 11.3 Å². The molecule has 2 heterocycles. The normalized spacial score (nSPS) is 9.85. The largest absolute Gasteiger partial charge is 0.382 e. The number of pyridine rings is 1. The summed E-state index contributed by atoms with van der Waals surface area (Å²) in [6.45, 7) is 0. The van der Waals surface area contributed by atoms with Crippen molar-refractivity contribution in [2.75, 3.05) is 5.73 Å². The summed E-state index contributed by atoms with van der Waals surface area (Å²) in [6, 6.07) is 3.70. The highest BCUT2D eigenvalue weighted by Gasteiger charge is 2.02. The number of hydrogen-bond acceptors (Lipinski definition) is 4. The maximum atomic E-state index is 5.66. The van der Waals surface area contributed by atoms with Crippen molar-refractivity contribution in [2.24, 2.45) is 0 Å². The number of hydrogen-bond donors (Lipinski definition) is 1. The van der Waals surface area contributed by atoms with Crippen LogP contribution >= 0.6 is 0 Å². The van der Waals surface area contributed by atoms with E-state index in [4.69, 9.17) is 5.73 Å². The van der Waals surface area contributed by atoms with Crippen molar-refractivity contribution in [3.63, 3.8) is 0 Å². The Bertz CT molecular complexity index is 399. The number of anilines is 1. The summed E-state index contributed by atoms with van der Waals surface area (Å²) in [6.07, 6.45) is 6.58. The van der Waals surface area contributed by atoms with Gasteiger partial charge in [0.05, 0.1) is 0 Å². The van der Waals surface area contributed by atoms with Crippen LogP contribution in [0.25, 0.3) is 11.3 Å². The van der Waals surface area contributed by atoms with E-state index in [9.17, 15) is 0 Å². The van der Waals surface area contributed by atoms with Gasteiger partial charge >= 0.3 is 0 Å². The maximum Gasteiger partial charge on any atom is 0.149 e. The Kier molecular flexibility index (Phi) is 1.88. The number of nitrogen functional groups attached to an aromatic ring is 1. The van der Waals surface area contributed by atoms with Gasteiger partial charge in [0.2, 0.25) is 0 Å². The van der Waals surface area contributed by atoms with Crippen LogP contribution in [0.5, 0.6) is 0 Å². The minimum atomic E-state index is 0.439. The average molecular weight is 172 g/mol. The Morgan fingerprint density at radius 1 is 0.923 bits per heavy atom. The van der Waals surface area contributed by atoms with Gasteiger partial charge in [-0.2, -0.15) is 0 Å². The van der Waals surface area contributed by atoms with Crippen molar-refractivity contribution in [1.82, 2.24) is 15.0 Å². The smallest absolute Gasteiger partial charge is 0.149 e. The van der Waals surface area contributed by atoms with Crippen LogP contribution in [0, 0.1) is 0 Å². The highest BCUT2D eigenvalue weighted by molar-refractivity contribution is 5.68. The summed E-state index contributed by atoms with van der Waals surface area (Å²) >= 11 is 0. The second kappa shape index (κ2) is 3.18. The molecule has 4 nitrogen and oxygen atoms in total. The minimum absolute atomic E-state index is 0.439. The zero-order chi connectivity index (χ0) is 9.10. The van der Waals surface area contributed by atoms with E-state index in [0.717, 1.165) is 5.56 Å². The molecule has 64 valence electrons. The molecule has 0 atom stereocenters. The van der Waals surface area contributed by atoms with Gasteiger partial charge in [-0.05, 0) is 12.1 Å². The van der Waals surface area contributed by atoms with Gasteiger partial charge in [0.1, 0.15) is 11.5 Å². The fraction of sp³-hybridized carbons (Fsp3) is 0. The second-order valence-corrected chi connectivity index (χ2v) is 2.53. The third kappa shape index (κ3) is 1.46. The fourth-order valence-corrected chi connectivity index (χ4v) is 1.08. The van der Waals surface area contributed by atoms with Gasteiger partial charge in [-0.15, -0.1) is 0 Å². The van der Waals surface area contributed by atoms with Crippen molar-refractivity contribution in [2.45, 2.75) is 0 Å². The average Bonchev–Trinajstić information content (AvgIpc) is 2.20. The topological polar surface area (TPSA) is 64.7 Å². The molecule has 0 aliphatic rings. The van der Waals surface area contributed by atoms with Crippen LogP contribution in [0.3, 0.4) is 0 Å². The molecule has 0 bridgehead atoms. The molecule has 2 aromatic rings. The molecule has 0 aliphatic carbocycles. The first kappa shape index (κ1) is 7.67. The molecule has 0 aliphatic heterocycles. The van der Waals surface area contributed by atoms with E-state index >= 15 is 0 Å². The molecule has 0 radical (unpaired) electrons. The standard InChI is InChI=1S/C9H8N4/c10-9-8(12-5-6-13-9)7-1-3-11-4-2-7/h1-6H,(H2,10,13). The van der Waals surface area contributed by atoms with Crippen LogP contribution in [0.4, 0.5) is 5.82 Å². The van der Waals surface area contributed by atoms with E-state index in [2.05, 4.69) is 15.0 Å². The predicted octanol–water partition coefficient (Wildman–Crippen LogP) is 1.12. The second-order valence-electron chi connectivity index (χ2n) is 2.53. The molecule has 0 fully saturated rings. The summed E-state index contributed by atoms with van der Waals surface area (Å²) in [7, 11) is 0. The van der Waals surface area contributed by atoms with Crippen LogP contribution in [0.1, 0.15) is 0 Å². The van der Waals surface area contributed by atoms with E-state index in [1.54, 1.807) is 24.8 Å². The highest BCUT2D eigenvalue weighted by Crippen LogP contribution is 2.19. The zero-order valence-corrected chi connectivity index (χ0v) is 6.88. The van der Waals surface area contributed by atoms with E-state index in [1.165, 1.54) is 0 Å². The monoisotopic (exact) mass is 172 g/mol. The molecule has 0 unspecified atom stereocenters. The lowest BCUT2D eigenvalue weighted by Gasteiger charge is -2.01. The Morgan fingerprint density at radius 3 is 2.31 bits per heavy atom. The van der Waals surface area contributed by atoms with Gasteiger partial charge in [0.15, 0.2) is 0 Å². The third-order valence-electron chi connectivity index (χ3n) is 1.68. The Balaban J connectivity index is 2.54. The number of rotatable bonds is 1. The van der Waals surface area contributed by atoms with Gasteiger partial charge in [-0.1, -0.05) is 0 Å². The molecule has 0 saturated heterocycles. The lowest BCUT2D eigenvalue weighted by atomic mass is 10.2. The lowest BCUT2D eigenvalue weighted by molar-refractivity contribution is 1.21. The molecule has 0 aromatic carbocycles. The van der Waals surface area contributed by atoms with E-state index in [0.29, 0.717) is 11.5 Å². The van der Waals surface area contributed by atoms with Gasteiger partial charge < -0.3 is 5.73 Å². The van der Waals surface area contributed by atoms with Gasteiger partial charge in [0, 0.05) is 30.4 Å². The first-order valence-corrected chi connectivity index (χ1v) is 3.85. The van der Waals surface area contributed by atoms with Crippen molar-refractivity contribution >= 4 is 5.82 Å². The number of nitrogens with zero attached hydrogens (tertiary/aromatic N) is 3. The van der Waals surface area contributed by atoms with Gasteiger partial charge in [-0.25, -0.2) is 4.98 Å². The Hall–Kier alpha value is -1.97. The summed E-state index contributed by atoms with van der Waals surface area (Å²) in [5, 5.41) is 0. The first-order valence-electron chi connectivity index (χ1n) is 3.85. The molecular weight excluding hydrogens is 164 g/mol. The van der Waals surface area contributed by atoms with Crippen LogP contribution < -0.4 is 5.73 Å². The van der Waals surface area contributed by atoms with Gasteiger partial charge in [-0.3, -0.25) is 9.97 Å². The molecule has 4 heteroatoms. The van der Waals surface area contributed by atoms with Crippen molar-refractivity contribution in [3.05, 3.63) is 36.9 Å². The molecule has 0 saturated carbocycles. The summed E-state index contributed by atoms with van der Waals surface area (Å²) in [4.78, 5) is 12.0. The number of nitrogens with two attached hydrogens (primary N) is 1. The molecule has 0 spiro atoms. The SMILES string of the molecule is Nc1nccnc1-c1ccncc1. The van der Waals surface area contributed by atoms with Crippen LogP contribution in [-0.4, -0.2) is 15.0 Å². The van der Waals surface area contributed by atoms with E-state index in [1.807, 2.05) is 12.1 Å². The predicted molar refractivity (Wildman–Crippen MR) is 49.7 cm³/mol. The minimum Gasteiger partial charge on any atom is -0.382 e. The van der Waals surface area contributed by atoms with Crippen LogP contribution in [-0.2, 0) is 0 Å². The highest BCUT2D eigenvalue weighted by atomic mass is 14.9. The summed E-state index contributed by atoms with van der Waals surface area (Å²) in [5.41, 5.74) is 7.29. The van der Waals surface area contributed by atoms with Crippen LogP contribution in [0.15, 0.2) is 36.9 Å². The van der Waals surface area contributed by atoms with E-state index < -0.39 is 0 Å². The molecule has 2 rings (SSSR count). The molecule has 0 amide bonds. The fourth-order valence-electron chi connectivity index (χ4n) is 1.08. The molecular formula is C9H8N4. The molecule has 2 N–H and O–H groups in total. The summed E-state index contributed by atoms with van der Waals surface area (Å²) in [5.74, 6) is 0.439. The Labute approximate surface area is 75.5 Å². The Morgan fingerprint density at radius 2 is 1.62 bits per heavy atom. The van der Waals surface area contributed by atoms with Crippen molar-refractivity contribution < 1.29 is 0 Å². The van der Waals surface area contributed by atoms with E-state index in [-0.39, 0.29) is 0 Å². The molecule has 2 aromatic heterocycles. The van der Waals surface area contributed by atoms with Crippen LogP contribution in [0.2, 0.25) is 0 Å². The maximum absolute atomic E-state index is 5.66. The molecule has 13 heavy (non-hydrogen) atoms. The quantitative estimate of drug-likeness (QED) is 0.700. The number of aromatic nitrogens is 3. The van der Waals surface area contributed by atoms with Gasteiger partial charge in [0.25, 0.3) is 0 Å². The third-order valence-corrected chi connectivity index (χ3v) is 1.68. The lowest BCUT2D eigenvalue weighted by Crippen LogP contribution is -1.95.